The summed E-state index contributed by atoms with van der Waals surface area (Å²) in [5, 5.41) is 8.51. The molecule has 19 heavy (non-hydrogen) atoms. The van der Waals surface area contributed by atoms with Crippen molar-refractivity contribution in [2.75, 3.05) is 5.32 Å². The second kappa shape index (κ2) is 6.29. The fourth-order valence-corrected chi connectivity index (χ4v) is 3.13. The topological polar surface area (TPSA) is 29.9 Å². The molecule has 0 aliphatic heterocycles. The molecule has 0 aliphatic rings. The van der Waals surface area contributed by atoms with Crippen LogP contribution < -0.4 is 5.32 Å². The van der Waals surface area contributed by atoms with Crippen LogP contribution in [0.25, 0.3) is 0 Å². The van der Waals surface area contributed by atoms with Gasteiger partial charge in [-0.2, -0.15) is 5.10 Å². The molecule has 3 nitrogen and oxygen atoms in total. The molecule has 0 unspecified atom stereocenters. The first-order valence-corrected chi connectivity index (χ1v) is 7.88. The third kappa shape index (κ3) is 3.33. The van der Waals surface area contributed by atoms with Crippen LogP contribution in [0.15, 0.2) is 27.1 Å². The first kappa shape index (κ1) is 14.9. The Balaban J connectivity index is 2.19. The third-order valence-corrected chi connectivity index (χ3v) is 4.62. The minimum absolute atomic E-state index is 0.667. The summed E-state index contributed by atoms with van der Waals surface area (Å²) in [4.78, 5) is 0. The molecular weight excluding hydrogens is 393 g/mol. The van der Waals surface area contributed by atoms with Crippen LogP contribution in [0.1, 0.15) is 18.3 Å². The van der Waals surface area contributed by atoms with E-state index in [1.807, 2.05) is 29.9 Å². The van der Waals surface area contributed by atoms with Gasteiger partial charge in [0.2, 0.25) is 0 Å². The minimum atomic E-state index is 0.667. The molecule has 1 aromatic carbocycles. The Morgan fingerprint density at radius 2 is 2.11 bits per heavy atom. The largest absolute Gasteiger partial charge is 0.378 e. The number of hydrogen-bond donors (Lipinski definition) is 1. The number of benzene rings is 1. The molecular formula is C13H14Br2ClN3. The predicted molar refractivity (Wildman–Crippen MR) is 86.8 cm³/mol. The molecule has 0 saturated carbocycles. The fraction of sp³-hybridized carbons (Fsp3) is 0.308. The van der Waals surface area contributed by atoms with Crippen molar-refractivity contribution in [1.82, 2.24) is 9.78 Å². The van der Waals surface area contributed by atoms with Crippen LogP contribution in [-0.2, 0) is 20.0 Å². The highest BCUT2D eigenvalue weighted by Gasteiger charge is 2.12. The molecule has 0 aliphatic carbocycles. The highest BCUT2D eigenvalue weighted by molar-refractivity contribution is 9.10. The molecule has 2 aromatic rings. The summed E-state index contributed by atoms with van der Waals surface area (Å²) < 4.78 is 3.95. The van der Waals surface area contributed by atoms with E-state index in [-0.39, 0.29) is 0 Å². The summed E-state index contributed by atoms with van der Waals surface area (Å²) in [5.41, 5.74) is 3.08. The lowest BCUT2D eigenvalue weighted by Crippen LogP contribution is -2.06. The Labute approximate surface area is 134 Å². The lowest BCUT2D eigenvalue weighted by molar-refractivity contribution is 0.706. The number of nitrogens with zero attached hydrogens (tertiary/aromatic N) is 2. The highest BCUT2D eigenvalue weighted by atomic mass is 79.9. The van der Waals surface area contributed by atoms with Gasteiger partial charge in [-0.05, 0) is 40.5 Å². The van der Waals surface area contributed by atoms with Crippen LogP contribution in [0.5, 0.6) is 0 Å². The van der Waals surface area contributed by atoms with Gasteiger partial charge in [0.25, 0.3) is 0 Å². The number of aromatic nitrogens is 2. The molecule has 2 rings (SSSR count). The Kier molecular flexibility index (Phi) is 4.92. The molecule has 1 N–H and O–H groups in total. The van der Waals surface area contributed by atoms with Gasteiger partial charge < -0.3 is 5.32 Å². The number of hydrogen-bond acceptors (Lipinski definition) is 2. The average molecular weight is 408 g/mol. The van der Waals surface area contributed by atoms with Crippen molar-refractivity contribution in [2.45, 2.75) is 19.9 Å². The van der Waals surface area contributed by atoms with Crippen LogP contribution in [-0.4, -0.2) is 9.78 Å². The van der Waals surface area contributed by atoms with Gasteiger partial charge in [0.15, 0.2) is 0 Å². The van der Waals surface area contributed by atoms with Gasteiger partial charge in [-0.25, -0.2) is 0 Å². The van der Waals surface area contributed by atoms with E-state index in [1.165, 1.54) is 0 Å². The Hall–Kier alpha value is -0.520. The minimum Gasteiger partial charge on any atom is -0.378 e. The molecule has 0 atom stereocenters. The summed E-state index contributed by atoms with van der Waals surface area (Å²) >= 11 is 13.2. The molecule has 6 heteroatoms. The van der Waals surface area contributed by atoms with Gasteiger partial charge in [0, 0.05) is 11.5 Å². The summed E-state index contributed by atoms with van der Waals surface area (Å²) in [6.07, 6.45) is 0.909. The third-order valence-electron chi connectivity index (χ3n) is 2.88. The number of rotatable bonds is 4. The summed E-state index contributed by atoms with van der Waals surface area (Å²) in [6.45, 7) is 2.76. The Bertz CT molecular complexity index is 596. The van der Waals surface area contributed by atoms with Crippen molar-refractivity contribution in [3.8, 4) is 0 Å². The first-order valence-electron chi connectivity index (χ1n) is 5.92. The maximum absolute atomic E-state index is 6.16. The van der Waals surface area contributed by atoms with E-state index in [0.717, 1.165) is 32.4 Å². The zero-order chi connectivity index (χ0) is 14.0. The molecule has 0 amide bonds. The molecule has 102 valence electrons. The average Bonchev–Trinajstić information content (AvgIpc) is 2.66. The normalized spacial score (nSPS) is 10.8. The van der Waals surface area contributed by atoms with Crippen molar-refractivity contribution in [3.63, 3.8) is 0 Å². The second-order valence-electron chi connectivity index (χ2n) is 4.16. The van der Waals surface area contributed by atoms with Crippen molar-refractivity contribution in [3.05, 3.63) is 43.6 Å². The van der Waals surface area contributed by atoms with E-state index < -0.39 is 0 Å². The van der Waals surface area contributed by atoms with Gasteiger partial charge in [0.1, 0.15) is 0 Å². The molecule has 0 fully saturated rings. The number of halogens is 3. The molecule has 0 spiro atoms. The lowest BCUT2D eigenvalue weighted by atomic mass is 10.3. The van der Waals surface area contributed by atoms with Crippen LogP contribution in [0.2, 0.25) is 5.02 Å². The lowest BCUT2D eigenvalue weighted by Gasteiger charge is -2.09. The first-order chi connectivity index (χ1) is 9.02. The van der Waals surface area contributed by atoms with Crippen LogP contribution >= 0.6 is 43.5 Å². The molecule has 1 aromatic heterocycles. The van der Waals surface area contributed by atoms with Crippen molar-refractivity contribution < 1.29 is 0 Å². The standard InChI is InChI=1S/C13H14Br2ClN3/c1-3-10-13(15)12(19(2)18-10)7-17-11-6-8(14)4-5-9(11)16/h4-6,17H,3,7H2,1-2H3. The molecule has 0 radical (unpaired) electrons. The van der Waals surface area contributed by atoms with Gasteiger partial charge in [0.05, 0.1) is 33.1 Å². The van der Waals surface area contributed by atoms with E-state index in [2.05, 4.69) is 49.2 Å². The quantitative estimate of drug-likeness (QED) is 0.791. The van der Waals surface area contributed by atoms with Crippen molar-refractivity contribution in [2.24, 2.45) is 7.05 Å². The zero-order valence-corrected chi connectivity index (χ0v) is 14.6. The number of aryl methyl sites for hydroxylation is 2. The van der Waals surface area contributed by atoms with E-state index >= 15 is 0 Å². The summed E-state index contributed by atoms with van der Waals surface area (Å²) in [6, 6.07) is 5.75. The fourth-order valence-electron chi connectivity index (χ4n) is 1.82. The second-order valence-corrected chi connectivity index (χ2v) is 6.28. The van der Waals surface area contributed by atoms with Crippen molar-refractivity contribution in [1.29, 1.82) is 0 Å². The van der Waals surface area contributed by atoms with Crippen molar-refractivity contribution >= 4 is 49.1 Å². The highest BCUT2D eigenvalue weighted by Crippen LogP contribution is 2.27. The molecule has 1 heterocycles. The Morgan fingerprint density at radius 1 is 1.37 bits per heavy atom. The van der Waals surface area contributed by atoms with E-state index in [0.29, 0.717) is 11.6 Å². The van der Waals surface area contributed by atoms with E-state index in [9.17, 15) is 0 Å². The van der Waals surface area contributed by atoms with Gasteiger partial charge in [-0.15, -0.1) is 0 Å². The monoisotopic (exact) mass is 405 g/mol. The van der Waals surface area contributed by atoms with Gasteiger partial charge in [-0.1, -0.05) is 34.5 Å². The van der Waals surface area contributed by atoms with Crippen LogP contribution in [0.3, 0.4) is 0 Å². The smallest absolute Gasteiger partial charge is 0.0767 e. The summed E-state index contributed by atoms with van der Waals surface area (Å²) in [7, 11) is 1.95. The zero-order valence-electron chi connectivity index (χ0n) is 10.7. The van der Waals surface area contributed by atoms with E-state index in [4.69, 9.17) is 11.6 Å². The SMILES string of the molecule is CCc1nn(C)c(CNc2cc(Br)ccc2Cl)c1Br. The number of anilines is 1. The number of nitrogens with one attached hydrogen (secondary N) is 1. The molecule has 0 bridgehead atoms. The van der Waals surface area contributed by atoms with Crippen LogP contribution in [0, 0.1) is 0 Å². The maximum Gasteiger partial charge on any atom is 0.0767 e. The predicted octanol–water partition coefficient (Wildman–Crippen LogP) is 4.77. The van der Waals surface area contributed by atoms with Gasteiger partial charge in [-0.3, -0.25) is 4.68 Å². The summed E-state index contributed by atoms with van der Waals surface area (Å²) in [5.74, 6) is 0. The van der Waals surface area contributed by atoms with E-state index in [1.54, 1.807) is 0 Å². The maximum atomic E-state index is 6.16. The van der Waals surface area contributed by atoms with Gasteiger partial charge >= 0.3 is 0 Å². The molecule has 0 saturated heterocycles. The Morgan fingerprint density at radius 3 is 2.74 bits per heavy atom. The van der Waals surface area contributed by atoms with Crippen LogP contribution in [0.4, 0.5) is 5.69 Å².